The van der Waals surface area contributed by atoms with Crippen molar-refractivity contribution < 1.29 is 13.6 Å². The van der Waals surface area contributed by atoms with Gasteiger partial charge < -0.3 is 14.2 Å². The van der Waals surface area contributed by atoms with Crippen LogP contribution >= 0.6 is 0 Å². The van der Waals surface area contributed by atoms with Crippen molar-refractivity contribution in [3.8, 4) is 0 Å². The minimum atomic E-state index is -0.427. The number of hydrogen-bond acceptors (Lipinski definition) is 5. The molecule has 1 unspecified atom stereocenters. The van der Waals surface area contributed by atoms with Crippen LogP contribution in [0.4, 0.5) is 0 Å². The number of furan rings is 1. The van der Waals surface area contributed by atoms with Gasteiger partial charge in [0, 0.05) is 12.6 Å². The van der Waals surface area contributed by atoms with Crippen LogP contribution in [0.5, 0.6) is 0 Å². The number of nitrogens with zero attached hydrogens (tertiary/aromatic N) is 1. The average Bonchev–Trinajstić information content (AvgIpc) is 3.07. The fraction of sp³-hybridized carbons (Fsp3) is 0.333. The molecule has 0 saturated carbocycles. The Morgan fingerprint density at radius 1 is 1.15 bits per heavy atom. The van der Waals surface area contributed by atoms with Crippen LogP contribution in [0, 0.1) is 6.92 Å². The Labute approximate surface area is 157 Å². The Morgan fingerprint density at radius 3 is 2.56 bits per heavy atom. The zero-order chi connectivity index (χ0) is 19.6. The molecule has 0 saturated heterocycles. The number of benzene rings is 1. The summed E-state index contributed by atoms with van der Waals surface area (Å²) in [5.74, 6) is 1.16. The van der Waals surface area contributed by atoms with E-state index in [0.717, 1.165) is 23.5 Å². The van der Waals surface area contributed by atoms with Crippen LogP contribution in [0.25, 0.3) is 11.0 Å². The number of carbonyl (C=O) groups is 1. The summed E-state index contributed by atoms with van der Waals surface area (Å²) in [6, 6.07) is 10.4. The summed E-state index contributed by atoms with van der Waals surface area (Å²) in [5, 5.41) is 3.32. The second kappa shape index (κ2) is 7.80. The summed E-state index contributed by atoms with van der Waals surface area (Å²) < 4.78 is 11.3. The second-order valence-electron chi connectivity index (χ2n) is 6.80. The molecule has 1 amide bonds. The summed E-state index contributed by atoms with van der Waals surface area (Å²) >= 11 is 0. The Kier molecular flexibility index (Phi) is 5.46. The lowest BCUT2D eigenvalue weighted by molar-refractivity contribution is 0.0911. The number of amides is 1. The number of fused-ring (bicyclic) bond motifs is 1. The van der Waals surface area contributed by atoms with Crippen molar-refractivity contribution >= 4 is 16.9 Å². The summed E-state index contributed by atoms with van der Waals surface area (Å²) in [6.45, 7) is 4.23. The Bertz CT molecular complexity index is 1020. The Morgan fingerprint density at radius 2 is 1.93 bits per heavy atom. The first kappa shape index (κ1) is 18.9. The van der Waals surface area contributed by atoms with Gasteiger partial charge >= 0.3 is 0 Å². The molecule has 1 aromatic carbocycles. The highest BCUT2D eigenvalue weighted by Crippen LogP contribution is 2.20. The molecule has 0 aliphatic carbocycles. The van der Waals surface area contributed by atoms with Crippen LogP contribution in [0.2, 0.25) is 0 Å². The molecule has 0 aliphatic rings. The number of likely N-dealkylation sites (N-methyl/N-ethyl adjacent to an activating group) is 1. The first-order valence-corrected chi connectivity index (χ1v) is 8.96. The van der Waals surface area contributed by atoms with Crippen molar-refractivity contribution in [2.45, 2.75) is 26.3 Å². The third-order valence-corrected chi connectivity index (χ3v) is 4.59. The van der Waals surface area contributed by atoms with Gasteiger partial charge in [-0.25, -0.2) is 0 Å². The number of aryl methyl sites for hydroxylation is 2. The predicted octanol–water partition coefficient (Wildman–Crippen LogP) is 3.29. The van der Waals surface area contributed by atoms with Gasteiger partial charge in [-0.2, -0.15) is 0 Å². The summed E-state index contributed by atoms with van der Waals surface area (Å²) in [4.78, 5) is 26.9. The minimum absolute atomic E-state index is 0.00452. The van der Waals surface area contributed by atoms with Crippen molar-refractivity contribution in [3.63, 3.8) is 0 Å². The topological polar surface area (TPSA) is 75.7 Å². The molecule has 3 rings (SSSR count). The molecule has 27 heavy (non-hydrogen) atoms. The minimum Gasteiger partial charge on any atom is -0.465 e. The maximum absolute atomic E-state index is 12.5. The Hall–Kier alpha value is -2.86. The Balaban J connectivity index is 1.80. The van der Waals surface area contributed by atoms with Crippen molar-refractivity contribution in [2.75, 3.05) is 20.6 Å². The lowest BCUT2D eigenvalue weighted by atomic mass is 10.1. The molecule has 1 N–H and O–H groups in total. The number of rotatable bonds is 6. The second-order valence-corrected chi connectivity index (χ2v) is 6.80. The SMILES string of the molecule is CCc1ccc2oc(C(=O)NCC(c3ccc(C)o3)N(C)C)cc(=O)c2c1. The normalized spacial score (nSPS) is 12.5. The molecule has 2 aromatic heterocycles. The van der Waals surface area contributed by atoms with E-state index >= 15 is 0 Å². The molecule has 2 heterocycles. The maximum Gasteiger partial charge on any atom is 0.287 e. The van der Waals surface area contributed by atoms with E-state index in [-0.39, 0.29) is 17.2 Å². The molecular formula is C21H24N2O4. The highest BCUT2D eigenvalue weighted by Gasteiger charge is 2.20. The molecule has 6 nitrogen and oxygen atoms in total. The number of nitrogens with one attached hydrogen (secondary N) is 1. The third-order valence-electron chi connectivity index (χ3n) is 4.59. The zero-order valence-corrected chi connectivity index (χ0v) is 16.0. The van der Waals surface area contributed by atoms with E-state index in [2.05, 4.69) is 5.32 Å². The van der Waals surface area contributed by atoms with E-state index in [1.807, 2.05) is 57.1 Å². The molecule has 1 atom stereocenters. The summed E-state index contributed by atoms with van der Waals surface area (Å²) in [7, 11) is 3.83. The first-order valence-electron chi connectivity index (χ1n) is 8.96. The smallest absolute Gasteiger partial charge is 0.287 e. The van der Waals surface area contributed by atoms with E-state index < -0.39 is 5.91 Å². The van der Waals surface area contributed by atoms with Crippen LogP contribution < -0.4 is 10.7 Å². The van der Waals surface area contributed by atoms with Gasteiger partial charge in [0.2, 0.25) is 0 Å². The third kappa shape index (κ3) is 4.11. The maximum atomic E-state index is 12.5. The highest BCUT2D eigenvalue weighted by atomic mass is 16.3. The van der Waals surface area contributed by atoms with Gasteiger partial charge in [0.05, 0.1) is 11.4 Å². The molecule has 142 valence electrons. The van der Waals surface area contributed by atoms with Crippen LogP contribution in [0.3, 0.4) is 0 Å². The first-order chi connectivity index (χ1) is 12.9. The van der Waals surface area contributed by atoms with Crippen LogP contribution in [-0.2, 0) is 6.42 Å². The molecular weight excluding hydrogens is 344 g/mol. The van der Waals surface area contributed by atoms with Crippen molar-refractivity contribution in [3.05, 3.63) is 69.5 Å². The standard InChI is InChI=1S/C21H24N2O4/c1-5-14-7-9-18-15(10-14)17(24)11-20(27-18)21(25)22-12-16(23(3)4)19-8-6-13(2)26-19/h6-11,16H,5,12H2,1-4H3,(H,22,25). The van der Waals surface area contributed by atoms with Crippen molar-refractivity contribution in [1.82, 2.24) is 10.2 Å². The van der Waals surface area contributed by atoms with Crippen LogP contribution in [-0.4, -0.2) is 31.4 Å². The van der Waals surface area contributed by atoms with Crippen LogP contribution in [0.1, 0.15) is 40.6 Å². The summed E-state index contributed by atoms with van der Waals surface area (Å²) in [5.41, 5.74) is 1.24. The fourth-order valence-electron chi connectivity index (χ4n) is 2.98. The van der Waals surface area contributed by atoms with Crippen molar-refractivity contribution in [2.24, 2.45) is 0 Å². The molecule has 0 aliphatic heterocycles. The van der Waals surface area contributed by atoms with E-state index in [1.54, 1.807) is 6.07 Å². The van der Waals surface area contributed by atoms with Gasteiger partial charge in [0.15, 0.2) is 11.2 Å². The number of hydrogen-bond donors (Lipinski definition) is 1. The van der Waals surface area contributed by atoms with E-state index in [1.165, 1.54) is 6.07 Å². The zero-order valence-electron chi connectivity index (χ0n) is 16.0. The van der Waals surface area contributed by atoms with Gasteiger partial charge in [-0.15, -0.1) is 0 Å². The van der Waals surface area contributed by atoms with Gasteiger partial charge in [-0.1, -0.05) is 13.0 Å². The van der Waals surface area contributed by atoms with Gasteiger partial charge in [0.25, 0.3) is 5.91 Å². The van der Waals surface area contributed by atoms with E-state index in [9.17, 15) is 9.59 Å². The average molecular weight is 368 g/mol. The highest BCUT2D eigenvalue weighted by molar-refractivity contribution is 5.93. The molecule has 6 heteroatoms. The molecule has 3 aromatic rings. The quantitative estimate of drug-likeness (QED) is 0.723. The lowest BCUT2D eigenvalue weighted by Crippen LogP contribution is -2.34. The van der Waals surface area contributed by atoms with E-state index in [4.69, 9.17) is 8.83 Å². The van der Waals surface area contributed by atoms with E-state index in [0.29, 0.717) is 17.5 Å². The fourth-order valence-corrected chi connectivity index (χ4v) is 2.98. The van der Waals surface area contributed by atoms with Gasteiger partial charge in [-0.3, -0.25) is 14.5 Å². The van der Waals surface area contributed by atoms with Gasteiger partial charge in [-0.05, 0) is 57.3 Å². The van der Waals surface area contributed by atoms with Crippen LogP contribution in [0.15, 0.2) is 50.0 Å². The lowest BCUT2D eigenvalue weighted by Gasteiger charge is -2.22. The number of carbonyl (C=O) groups excluding carboxylic acids is 1. The molecule has 0 radical (unpaired) electrons. The molecule has 0 spiro atoms. The molecule has 0 bridgehead atoms. The summed E-state index contributed by atoms with van der Waals surface area (Å²) in [6.07, 6.45) is 0.829. The predicted molar refractivity (Wildman–Crippen MR) is 104 cm³/mol. The van der Waals surface area contributed by atoms with Gasteiger partial charge in [0.1, 0.15) is 17.1 Å². The monoisotopic (exact) mass is 368 g/mol. The molecule has 0 fully saturated rings. The largest absolute Gasteiger partial charge is 0.465 e. The van der Waals surface area contributed by atoms with Crippen molar-refractivity contribution in [1.29, 1.82) is 0 Å².